The quantitative estimate of drug-likeness (QED) is 0.551. The number of ketones is 1. The SMILES string of the molecule is CC(=O)c1cnc(C(F)F)nc1Cl. The van der Waals surface area contributed by atoms with Gasteiger partial charge < -0.3 is 0 Å². The molecule has 0 amide bonds. The van der Waals surface area contributed by atoms with Gasteiger partial charge >= 0.3 is 0 Å². The molecule has 3 nitrogen and oxygen atoms in total. The van der Waals surface area contributed by atoms with Crippen molar-refractivity contribution in [3.63, 3.8) is 0 Å². The molecular weight excluding hydrogens is 202 g/mol. The van der Waals surface area contributed by atoms with Gasteiger partial charge in [0.25, 0.3) is 6.43 Å². The van der Waals surface area contributed by atoms with Crippen molar-refractivity contribution in [2.75, 3.05) is 0 Å². The molecule has 1 heterocycles. The highest BCUT2D eigenvalue weighted by molar-refractivity contribution is 6.32. The summed E-state index contributed by atoms with van der Waals surface area (Å²) in [6, 6.07) is 0. The van der Waals surface area contributed by atoms with Gasteiger partial charge in [-0.25, -0.2) is 18.7 Å². The van der Waals surface area contributed by atoms with E-state index in [1.165, 1.54) is 6.92 Å². The average molecular weight is 207 g/mol. The van der Waals surface area contributed by atoms with E-state index < -0.39 is 12.2 Å². The van der Waals surface area contributed by atoms with Crippen molar-refractivity contribution in [1.29, 1.82) is 0 Å². The molecule has 0 radical (unpaired) electrons. The molecule has 0 bridgehead atoms. The van der Waals surface area contributed by atoms with Crippen molar-refractivity contribution in [1.82, 2.24) is 9.97 Å². The molecule has 1 aromatic rings. The standard InChI is InChI=1S/C7H5ClF2N2O/c1-3(13)4-2-11-7(6(9)10)12-5(4)8/h2,6H,1H3. The van der Waals surface area contributed by atoms with Crippen molar-refractivity contribution in [2.45, 2.75) is 13.3 Å². The zero-order chi connectivity index (χ0) is 10.0. The highest BCUT2D eigenvalue weighted by Gasteiger charge is 2.14. The first-order chi connectivity index (χ1) is 6.02. The normalized spacial score (nSPS) is 10.5. The maximum absolute atomic E-state index is 12.0. The summed E-state index contributed by atoms with van der Waals surface area (Å²) in [6.07, 6.45) is -1.78. The predicted molar refractivity (Wildman–Crippen MR) is 42.0 cm³/mol. The second-order valence-electron chi connectivity index (χ2n) is 2.29. The predicted octanol–water partition coefficient (Wildman–Crippen LogP) is 2.27. The molecule has 0 unspecified atom stereocenters. The van der Waals surface area contributed by atoms with Crippen LogP contribution >= 0.6 is 11.6 Å². The van der Waals surface area contributed by atoms with Crippen molar-refractivity contribution in [3.05, 3.63) is 22.7 Å². The lowest BCUT2D eigenvalue weighted by molar-refractivity contribution is 0.101. The average Bonchev–Trinajstić information content (AvgIpc) is 2.03. The van der Waals surface area contributed by atoms with Gasteiger partial charge in [0.15, 0.2) is 11.6 Å². The molecule has 6 heteroatoms. The largest absolute Gasteiger partial charge is 0.297 e. The van der Waals surface area contributed by atoms with Gasteiger partial charge in [-0.1, -0.05) is 11.6 Å². The number of alkyl halides is 2. The number of rotatable bonds is 2. The van der Waals surface area contributed by atoms with E-state index in [0.717, 1.165) is 6.20 Å². The van der Waals surface area contributed by atoms with Gasteiger partial charge in [-0.15, -0.1) is 0 Å². The van der Waals surface area contributed by atoms with E-state index in [0.29, 0.717) is 0 Å². The molecule has 1 aromatic heterocycles. The first kappa shape index (κ1) is 9.98. The fourth-order valence-corrected chi connectivity index (χ4v) is 0.983. The molecule has 1 rings (SSSR count). The molecule has 0 saturated carbocycles. The lowest BCUT2D eigenvalue weighted by Crippen LogP contribution is -2.02. The first-order valence-corrected chi connectivity index (χ1v) is 3.71. The zero-order valence-corrected chi connectivity index (χ0v) is 7.35. The number of aromatic nitrogens is 2. The van der Waals surface area contributed by atoms with Gasteiger partial charge in [-0.3, -0.25) is 4.79 Å². The van der Waals surface area contributed by atoms with Crippen LogP contribution in [0.1, 0.15) is 29.5 Å². The molecule has 0 aliphatic rings. The molecule has 0 atom stereocenters. The van der Waals surface area contributed by atoms with Gasteiger partial charge in [-0.05, 0) is 6.92 Å². The highest BCUT2D eigenvalue weighted by Crippen LogP contribution is 2.18. The summed E-state index contributed by atoms with van der Waals surface area (Å²) < 4.78 is 24.0. The first-order valence-electron chi connectivity index (χ1n) is 3.34. The number of hydrogen-bond acceptors (Lipinski definition) is 3. The lowest BCUT2D eigenvalue weighted by Gasteiger charge is -2.00. The van der Waals surface area contributed by atoms with E-state index in [4.69, 9.17) is 11.6 Å². The summed E-state index contributed by atoms with van der Waals surface area (Å²) in [4.78, 5) is 17.4. The number of halogens is 3. The number of hydrogen-bond donors (Lipinski definition) is 0. The van der Waals surface area contributed by atoms with Crippen LogP contribution in [0.3, 0.4) is 0 Å². The van der Waals surface area contributed by atoms with Crippen molar-refractivity contribution < 1.29 is 13.6 Å². The van der Waals surface area contributed by atoms with Crippen molar-refractivity contribution >= 4 is 17.4 Å². The van der Waals surface area contributed by atoms with Crippen molar-refractivity contribution in [2.24, 2.45) is 0 Å². The van der Waals surface area contributed by atoms with E-state index in [1.54, 1.807) is 0 Å². The Bertz CT molecular complexity index is 343. The second-order valence-corrected chi connectivity index (χ2v) is 2.65. The fourth-order valence-electron chi connectivity index (χ4n) is 0.715. The molecule has 13 heavy (non-hydrogen) atoms. The zero-order valence-electron chi connectivity index (χ0n) is 6.59. The van der Waals surface area contributed by atoms with Crippen LogP contribution in [0.4, 0.5) is 8.78 Å². The number of carbonyl (C=O) groups excluding carboxylic acids is 1. The Kier molecular flexibility index (Phi) is 2.87. The summed E-state index contributed by atoms with van der Waals surface area (Å²) in [5.74, 6) is -1.03. The van der Waals surface area contributed by atoms with E-state index in [1.807, 2.05) is 0 Å². The Labute approximate surface area is 77.8 Å². The molecule has 0 fully saturated rings. The van der Waals surface area contributed by atoms with Crippen molar-refractivity contribution in [3.8, 4) is 0 Å². The minimum atomic E-state index is -2.78. The molecule has 0 N–H and O–H groups in total. The van der Waals surface area contributed by atoms with E-state index in [2.05, 4.69) is 9.97 Å². The summed E-state index contributed by atoms with van der Waals surface area (Å²) in [7, 11) is 0. The van der Waals surface area contributed by atoms with E-state index in [-0.39, 0.29) is 16.5 Å². The van der Waals surface area contributed by atoms with Crippen LogP contribution in [0.15, 0.2) is 6.20 Å². The number of nitrogens with zero attached hydrogens (tertiary/aromatic N) is 2. The van der Waals surface area contributed by atoms with E-state index in [9.17, 15) is 13.6 Å². The maximum Gasteiger partial charge on any atom is 0.297 e. The minimum absolute atomic E-state index is 0.0473. The summed E-state index contributed by atoms with van der Waals surface area (Å²) >= 11 is 5.46. The Morgan fingerprint density at radius 2 is 2.23 bits per heavy atom. The molecular formula is C7H5ClF2N2O. The lowest BCUT2D eigenvalue weighted by atomic mass is 10.2. The Hall–Kier alpha value is -1.10. The maximum atomic E-state index is 12.0. The summed E-state index contributed by atoms with van der Waals surface area (Å²) in [5, 5.41) is -0.238. The van der Waals surface area contributed by atoms with Crippen LogP contribution in [-0.4, -0.2) is 15.8 Å². The summed E-state index contributed by atoms with van der Waals surface area (Å²) in [5.41, 5.74) is 0.0473. The fraction of sp³-hybridized carbons (Fsp3) is 0.286. The minimum Gasteiger partial charge on any atom is -0.294 e. The van der Waals surface area contributed by atoms with Crippen LogP contribution in [-0.2, 0) is 0 Å². The van der Waals surface area contributed by atoms with Gasteiger partial charge in [0.05, 0.1) is 5.56 Å². The third kappa shape index (κ3) is 2.18. The number of carbonyl (C=O) groups is 1. The Morgan fingerprint density at radius 3 is 2.62 bits per heavy atom. The second kappa shape index (κ2) is 3.74. The third-order valence-electron chi connectivity index (χ3n) is 1.34. The highest BCUT2D eigenvalue weighted by atomic mass is 35.5. The molecule has 0 saturated heterocycles. The molecule has 70 valence electrons. The van der Waals surface area contributed by atoms with E-state index >= 15 is 0 Å². The van der Waals surface area contributed by atoms with Crippen LogP contribution in [0.25, 0.3) is 0 Å². The Balaban J connectivity index is 3.13. The smallest absolute Gasteiger partial charge is 0.294 e. The van der Waals surface area contributed by atoms with Gasteiger partial charge in [0.1, 0.15) is 5.15 Å². The molecule has 0 aromatic carbocycles. The molecule has 0 aliphatic carbocycles. The Morgan fingerprint density at radius 1 is 1.62 bits per heavy atom. The monoisotopic (exact) mass is 206 g/mol. The van der Waals surface area contributed by atoms with Crippen LogP contribution < -0.4 is 0 Å². The van der Waals surface area contributed by atoms with Gasteiger partial charge in [0.2, 0.25) is 0 Å². The van der Waals surface area contributed by atoms with Crippen LogP contribution in [0, 0.1) is 0 Å². The summed E-state index contributed by atoms with van der Waals surface area (Å²) in [6.45, 7) is 1.26. The van der Waals surface area contributed by atoms with Crippen LogP contribution in [0.2, 0.25) is 5.15 Å². The van der Waals surface area contributed by atoms with Crippen LogP contribution in [0.5, 0.6) is 0 Å². The van der Waals surface area contributed by atoms with Gasteiger partial charge in [-0.2, -0.15) is 0 Å². The molecule has 0 spiro atoms. The number of Topliss-reactive ketones (excluding diaryl/α,β-unsaturated/α-hetero) is 1. The molecule has 0 aliphatic heterocycles. The van der Waals surface area contributed by atoms with Gasteiger partial charge in [0, 0.05) is 6.20 Å². The third-order valence-corrected chi connectivity index (χ3v) is 1.62. The topological polar surface area (TPSA) is 42.9 Å².